The van der Waals surface area contributed by atoms with Gasteiger partial charge in [-0.3, -0.25) is 4.79 Å². The maximum absolute atomic E-state index is 11.5. The molecule has 1 nitrogen and oxygen atoms in total. The zero-order chi connectivity index (χ0) is 10.6. The van der Waals surface area contributed by atoms with E-state index >= 15 is 0 Å². The average Bonchev–Trinajstić information content (AvgIpc) is 2.01. The van der Waals surface area contributed by atoms with Crippen molar-refractivity contribution in [1.29, 1.82) is 0 Å². The molecule has 0 saturated carbocycles. The summed E-state index contributed by atoms with van der Waals surface area (Å²) in [5.41, 5.74) is 1.00. The van der Waals surface area contributed by atoms with Crippen molar-refractivity contribution in [2.24, 2.45) is 5.92 Å². The molecule has 0 unspecified atom stereocenters. The van der Waals surface area contributed by atoms with Gasteiger partial charge in [0.2, 0.25) is 0 Å². The van der Waals surface area contributed by atoms with Gasteiger partial charge >= 0.3 is 0 Å². The van der Waals surface area contributed by atoms with Gasteiger partial charge in [0.15, 0.2) is 0 Å². The van der Waals surface area contributed by atoms with Crippen molar-refractivity contribution in [3.63, 3.8) is 0 Å². The van der Waals surface area contributed by atoms with Crippen LogP contribution in [0.1, 0.15) is 25.8 Å². The molecular formula is C12H15ClO. The first-order valence-electron chi connectivity index (χ1n) is 4.84. The predicted octanol–water partition coefficient (Wildman–Crippen LogP) is 3.50. The third-order valence-corrected chi connectivity index (χ3v) is 2.16. The van der Waals surface area contributed by atoms with Gasteiger partial charge in [0.05, 0.1) is 0 Å². The lowest BCUT2D eigenvalue weighted by atomic mass is 10.0. The van der Waals surface area contributed by atoms with Crippen LogP contribution in [0.2, 0.25) is 5.02 Å². The molecule has 1 aromatic carbocycles. The van der Waals surface area contributed by atoms with Gasteiger partial charge in [-0.15, -0.1) is 0 Å². The normalized spacial score (nSPS) is 10.6. The number of ketones is 1. The minimum Gasteiger partial charge on any atom is -0.299 e. The fourth-order valence-corrected chi connectivity index (χ4v) is 1.61. The first-order chi connectivity index (χ1) is 6.58. The van der Waals surface area contributed by atoms with Gasteiger partial charge in [-0.2, -0.15) is 0 Å². The number of halogens is 1. The van der Waals surface area contributed by atoms with E-state index in [0.29, 0.717) is 23.8 Å². The van der Waals surface area contributed by atoms with Crippen LogP contribution in [-0.2, 0) is 11.2 Å². The summed E-state index contributed by atoms with van der Waals surface area (Å²) >= 11 is 5.82. The Bertz CT molecular complexity index is 318. The molecular weight excluding hydrogens is 196 g/mol. The van der Waals surface area contributed by atoms with E-state index in [9.17, 15) is 4.79 Å². The van der Waals surface area contributed by atoms with Crippen molar-refractivity contribution < 1.29 is 4.79 Å². The van der Waals surface area contributed by atoms with Crippen LogP contribution in [-0.4, -0.2) is 5.78 Å². The maximum Gasteiger partial charge on any atom is 0.137 e. The number of carbonyl (C=O) groups excluding carboxylic acids is 1. The molecule has 2 heteroatoms. The smallest absolute Gasteiger partial charge is 0.137 e. The molecule has 0 saturated heterocycles. The molecule has 0 heterocycles. The van der Waals surface area contributed by atoms with Crippen molar-refractivity contribution in [3.05, 3.63) is 34.9 Å². The molecule has 76 valence electrons. The van der Waals surface area contributed by atoms with Crippen LogP contribution in [0.3, 0.4) is 0 Å². The molecule has 0 radical (unpaired) electrons. The SMILES string of the molecule is CC(C)CC(=O)Cc1cccc(Cl)c1. The number of hydrogen-bond acceptors (Lipinski definition) is 1. The van der Waals surface area contributed by atoms with Gasteiger partial charge in [0, 0.05) is 17.9 Å². The van der Waals surface area contributed by atoms with Gasteiger partial charge in [-0.25, -0.2) is 0 Å². The lowest BCUT2D eigenvalue weighted by Crippen LogP contribution is -2.06. The molecule has 1 rings (SSSR count). The topological polar surface area (TPSA) is 17.1 Å². The summed E-state index contributed by atoms with van der Waals surface area (Å²) in [7, 11) is 0. The van der Waals surface area contributed by atoms with Crippen LogP contribution in [0, 0.1) is 5.92 Å². The summed E-state index contributed by atoms with van der Waals surface area (Å²) in [4.78, 5) is 11.5. The van der Waals surface area contributed by atoms with E-state index in [2.05, 4.69) is 13.8 Å². The quantitative estimate of drug-likeness (QED) is 0.744. The molecule has 0 N–H and O–H groups in total. The zero-order valence-electron chi connectivity index (χ0n) is 8.59. The van der Waals surface area contributed by atoms with Crippen molar-refractivity contribution in [1.82, 2.24) is 0 Å². The Morgan fingerprint density at radius 1 is 1.43 bits per heavy atom. The Hall–Kier alpha value is -0.820. The van der Waals surface area contributed by atoms with Crippen molar-refractivity contribution in [2.45, 2.75) is 26.7 Å². The molecule has 0 atom stereocenters. The lowest BCUT2D eigenvalue weighted by Gasteiger charge is -2.04. The van der Waals surface area contributed by atoms with Crippen LogP contribution in [0.4, 0.5) is 0 Å². The van der Waals surface area contributed by atoms with Gasteiger partial charge in [0.1, 0.15) is 5.78 Å². The molecule has 0 aliphatic rings. The first kappa shape index (κ1) is 11.3. The van der Waals surface area contributed by atoms with Gasteiger partial charge in [0.25, 0.3) is 0 Å². The molecule has 0 aliphatic heterocycles. The highest BCUT2D eigenvalue weighted by molar-refractivity contribution is 6.30. The highest BCUT2D eigenvalue weighted by atomic mass is 35.5. The number of benzene rings is 1. The predicted molar refractivity (Wildman–Crippen MR) is 59.6 cm³/mol. The third-order valence-electron chi connectivity index (χ3n) is 1.93. The molecule has 0 fully saturated rings. The summed E-state index contributed by atoms with van der Waals surface area (Å²) in [6.45, 7) is 4.10. The van der Waals surface area contributed by atoms with E-state index in [1.54, 1.807) is 0 Å². The van der Waals surface area contributed by atoms with Crippen LogP contribution < -0.4 is 0 Å². The van der Waals surface area contributed by atoms with E-state index in [1.807, 2.05) is 24.3 Å². The molecule has 0 amide bonds. The Kier molecular flexibility index (Phi) is 4.15. The van der Waals surface area contributed by atoms with Gasteiger partial charge in [-0.1, -0.05) is 37.6 Å². The summed E-state index contributed by atoms with van der Waals surface area (Å²) in [5.74, 6) is 0.712. The Balaban J connectivity index is 2.56. The molecule has 14 heavy (non-hydrogen) atoms. The van der Waals surface area contributed by atoms with Gasteiger partial charge < -0.3 is 0 Å². The van der Waals surface area contributed by atoms with Crippen LogP contribution in [0.15, 0.2) is 24.3 Å². The molecule has 0 spiro atoms. The van der Waals surface area contributed by atoms with Gasteiger partial charge in [-0.05, 0) is 23.6 Å². The fourth-order valence-electron chi connectivity index (χ4n) is 1.40. The standard InChI is InChI=1S/C12H15ClO/c1-9(2)6-12(14)8-10-4-3-5-11(13)7-10/h3-5,7,9H,6,8H2,1-2H3. The van der Waals surface area contributed by atoms with E-state index in [-0.39, 0.29) is 5.78 Å². The fraction of sp³-hybridized carbons (Fsp3) is 0.417. The summed E-state index contributed by atoms with van der Waals surface area (Å²) in [6.07, 6.45) is 1.14. The van der Waals surface area contributed by atoms with Crippen molar-refractivity contribution >= 4 is 17.4 Å². The molecule has 0 aliphatic carbocycles. The monoisotopic (exact) mass is 210 g/mol. The first-order valence-corrected chi connectivity index (χ1v) is 5.22. The van der Waals surface area contributed by atoms with E-state index in [4.69, 9.17) is 11.6 Å². The van der Waals surface area contributed by atoms with E-state index in [0.717, 1.165) is 5.56 Å². The average molecular weight is 211 g/mol. The van der Waals surface area contributed by atoms with Crippen molar-refractivity contribution in [2.75, 3.05) is 0 Å². The molecule has 0 aromatic heterocycles. The van der Waals surface area contributed by atoms with Crippen molar-refractivity contribution in [3.8, 4) is 0 Å². The lowest BCUT2D eigenvalue weighted by molar-refractivity contribution is -0.119. The second-order valence-corrected chi connectivity index (χ2v) is 4.38. The van der Waals surface area contributed by atoms with Crippen LogP contribution >= 0.6 is 11.6 Å². The van der Waals surface area contributed by atoms with E-state index < -0.39 is 0 Å². The molecule has 1 aromatic rings. The number of rotatable bonds is 4. The minimum atomic E-state index is 0.280. The minimum absolute atomic E-state index is 0.280. The largest absolute Gasteiger partial charge is 0.299 e. The van der Waals surface area contributed by atoms with Crippen LogP contribution in [0.25, 0.3) is 0 Å². The summed E-state index contributed by atoms with van der Waals surface area (Å²) in [6, 6.07) is 7.47. The Morgan fingerprint density at radius 2 is 2.14 bits per heavy atom. The second-order valence-electron chi connectivity index (χ2n) is 3.94. The Morgan fingerprint density at radius 3 is 2.71 bits per heavy atom. The van der Waals surface area contributed by atoms with E-state index in [1.165, 1.54) is 0 Å². The third kappa shape index (κ3) is 3.93. The summed E-state index contributed by atoms with van der Waals surface area (Å²) in [5, 5.41) is 0.694. The highest BCUT2D eigenvalue weighted by Gasteiger charge is 2.06. The zero-order valence-corrected chi connectivity index (χ0v) is 9.34. The second kappa shape index (κ2) is 5.16. The highest BCUT2D eigenvalue weighted by Crippen LogP contribution is 2.12. The number of hydrogen-bond donors (Lipinski definition) is 0. The molecule has 0 bridgehead atoms. The van der Waals surface area contributed by atoms with Crippen LogP contribution in [0.5, 0.6) is 0 Å². The number of carbonyl (C=O) groups is 1. The maximum atomic E-state index is 11.5. The summed E-state index contributed by atoms with van der Waals surface area (Å²) < 4.78 is 0. The number of Topliss-reactive ketones (excluding diaryl/α,β-unsaturated/α-hetero) is 1. The Labute approximate surface area is 90.1 Å².